The van der Waals surface area contributed by atoms with E-state index in [9.17, 15) is 9.90 Å². The molecule has 1 fully saturated rings. The molecular weight excluding hydrogens is 292 g/mol. The summed E-state index contributed by atoms with van der Waals surface area (Å²) < 4.78 is 5.39. The van der Waals surface area contributed by atoms with E-state index in [1.807, 2.05) is 38.2 Å². The fourth-order valence-corrected chi connectivity index (χ4v) is 3.13. The summed E-state index contributed by atoms with van der Waals surface area (Å²) in [5.74, 6) is 1.25. The molecule has 0 aliphatic heterocycles. The lowest BCUT2D eigenvalue weighted by atomic mass is 9.86. The molecule has 23 heavy (non-hydrogen) atoms. The van der Waals surface area contributed by atoms with Crippen LogP contribution in [0.2, 0.25) is 0 Å². The van der Waals surface area contributed by atoms with Crippen molar-refractivity contribution in [2.24, 2.45) is 5.92 Å². The van der Waals surface area contributed by atoms with Gasteiger partial charge in [0, 0.05) is 18.3 Å². The number of rotatable bonds is 7. The van der Waals surface area contributed by atoms with Crippen LogP contribution in [-0.2, 0) is 4.79 Å². The van der Waals surface area contributed by atoms with Crippen LogP contribution in [0.5, 0.6) is 5.75 Å². The molecule has 1 aromatic rings. The third-order valence-corrected chi connectivity index (χ3v) is 4.54. The zero-order chi connectivity index (χ0) is 16.7. The quantitative estimate of drug-likeness (QED) is 0.810. The number of amides is 1. The van der Waals surface area contributed by atoms with Crippen molar-refractivity contribution < 1.29 is 14.6 Å². The number of nitrogens with one attached hydrogen (secondary N) is 1. The van der Waals surface area contributed by atoms with Gasteiger partial charge < -0.3 is 15.2 Å². The van der Waals surface area contributed by atoms with Crippen molar-refractivity contribution >= 4 is 11.6 Å². The number of carbonyl (C=O) groups excluding carboxylic acids is 1. The smallest absolute Gasteiger partial charge is 0.238 e. The second-order valence-corrected chi connectivity index (χ2v) is 6.28. The molecule has 0 bridgehead atoms. The summed E-state index contributed by atoms with van der Waals surface area (Å²) in [5.41, 5.74) is 0.788. The maximum Gasteiger partial charge on any atom is 0.238 e. The van der Waals surface area contributed by atoms with Crippen LogP contribution in [0.3, 0.4) is 0 Å². The minimum absolute atomic E-state index is 0.000872. The maximum absolute atomic E-state index is 12.2. The Bertz CT molecular complexity index is 482. The van der Waals surface area contributed by atoms with Gasteiger partial charge in [0.1, 0.15) is 5.75 Å². The predicted octanol–water partition coefficient (Wildman–Crippen LogP) is 2.51. The van der Waals surface area contributed by atoms with Gasteiger partial charge in [-0.1, -0.05) is 0 Å². The number of carbonyl (C=O) groups is 1. The van der Waals surface area contributed by atoms with Crippen LogP contribution in [0, 0.1) is 5.92 Å². The van der Waals surface area contributed by atoms with Crippen molar-refractivity contribution in [3.63, 3.8) is 0 Å². The first kappa shape index (κ1) is 17.8. The number of anilines is 1. The van der Waals surface area contributed by atoms with E-state index in [0.29, 0.717) is 25.1 Å². The van der Waals surface area contributed by atoms with Gasteiger partial charge in [-0.2, -0.15) is 0 Å². The topological polar surface area (TPSA) is 61.8 Å². The Labute approximate surface area is 138 Å². The Morgan fingerprint density at radius 2 is 1.91 bits per heavy atom. The lowest BCUT2D eigenvalue weighted by Crippen LogP contribution is -2.40. The van der Waals surface area contributed by atoms with Crippen LogP contribution in [0.15, 0.2) is 24.3 Å². The fraction of sp³-hybridized carbons (Fsp3) is 0.611. The highest BCUT2D eigenvalue weighted by atomic mass is 16.5. The molecule has 1 saturated carbocycles. The molecule has 0 unspecified atom stereocenters. The van der Waals surface area contributed by atoms with Crippen molar-refractivity contribution in [3.05, 3.63) is 24.3 Å². The number of hydrogen-bond acceptors (Lipinski definition) is 4. The second kappa shape index (κ2) is 8.89. The molecule has 1 aromatic carbocycles. The lowest BCUT2D eigenvalue weighted by molar-refractivity contribution is -0.117. The zero-order valence-corrected chi connectivity index (χ0v) is 14.1. The van der Waals surface area contributed by atoms with E-state index in [1.165, 1.54) is 0 Å². The van der Waals surface area contributed by atoms with Crippen LogP contribution in [0.4, 0.5) is 5.69 Å². The highest BCUT2D eigenvalue weighted by Crippen LogP contribution is 2.26. The molecule has 128 valence electrons. The van der Waals surface area contributed by atoms with Crippen molar-refractivity contribution in [3.8, 4) is 5.75 Å². The van der Waals surface area contributed by atoms with E-state index >= 15 is 0 Å². The van der Waals surface area contributed by atoms with Gasteiger partial charge in [0.25, 0.3) is 0 Å². The Morgan fingerprint density at radius 1 is 1.26 bits per heavy atom. The molecule has 0 atom stereocenters. The number of nitrogens with zero attached hydrogens (tertiary/aromatic N) is 1. The third-order valence-electron chi connectivity index (χ3n) is 4.54. The molecule has 0 aromatic heterocycles. The monoisotopic (exact) mass is 320 g/mol. The molecule has 0 heterocycles. The first-order valence-electron chi connectivity index (χ1n) is 8.46. The van der Waals surface area contributed by atoms with Gasteiger partial charge in [-0.05, 0) is 69.8 Å². The molecule has 5 nitrogen and oxygen atoms in total. The van der Waals surface area contributed by atoms with Gasteiger partial charge in [-0.25, -0.2) is 0 Å². The molecule has 1 amide bonds. The Hall–Kier alpha value is -1.59. The van der Waals surface area contributed by atoms with Gasteiger partial charge in [-0.15, -0.1) is 0 Å². The number of aliphatic hydroxyl groups is 1. The summed E-state index contributed by atoms with van der Waals surface area (Å²) >= 11 is 0. The minimum atomic E-state index is 0.000872. The average molecular weight is 320 g/mol. The minimum Gasteiger partial charge on any atom is -0.494 e. The summed E-state index contributed by atoms with van der Waals surface area (Å²) in [5, 5.41) is 12.1. The van der Waals surface area contributed by atoms with Crippen molar-refractivity contribution in [2.45, 2.75) is 38.6 Å². The second-order valence-electron chi connectivity index (χ2n) is 6.28. The zero-order valence-electron chi connectivity index (χ0n) is 14.1. The number of likely N-dealkylation sites (N-methyl/N-ethyl adjacent to an activating group) is 1. The Kier molecular flexibility index (Phi) is 6.86. The molecule has 1 aliphatic carbocycles. The molecule has 0 saturated heterocycles. The average Bonchev–Trinajstić information content (AvgIpc) is 2.57. The van der Waals surface area contributed by atoms with E-state index in [2.05, 4.69) is 10.2 Å². The summed E-state index contributed by atoms with van der Waals surface area (Å²) in [7, 11) is 2.00. The lowest BCUT2D eigenvalue weighted by Gasteiger charge is -2.33. The van der Waals surface area contributed by atoms with E-state index in [4.69, 9.17) is 4.74 Å². The maximum atomic E-state index is 12.2. The van der Waals surface area contributed by atoms with Crippen LogP contribution in [0.1, 0.15) is 32.6 Å². The summed E-state index contributed by atoms with van der Waals surface area (Å²) in [6.07, 6.45) is 4.20. The van der Waals surface area contributed by atoms with Crippen LogP contribution < -0.4 is 10.1 Å². The predicted molar refractivity (Wildman–Crippen MR) is 91.7 cm³/mol. The largest absolute Gasteiger partial charge is 0.494 e. The first-order chi connectivity index (χ1) is 11.1. The summed E-state index contributed by atoms with van der Waals surface area (Å²) in [6.45, 7) is 3.25. The van der Waals surface area contributed by atoms with Gasteiger partial charge in [0.15, 0.2) is 0 Å². The highest BCUT2D eigenvalue weighted by Gasteiger charge is 2.24. The van der Waals surface area contributed by atoms with Gasteiger partial charge in [0.05, 0.1) is 13.2 Å². The summed E-state index contributed by atoms with van der Waals surface area (Å²) in [6, 6.07) is 7.87. The first-order valence-corrected chi connectivity index (χ1v) is 8.46. The number of benzene rings is 1. The number of ether oxygens (including phenoxy) is 1. The van der Waals surface area contributed by atoms with Gasteiger partial charge in [-0.3, -0.25) is 9.69 Å². The molecule has 2 N–H and O–H groups in total. The number of hydrogen-bond donors (Lipinski definition) is 2. The van der Waals surface area contributed by atoms with E-state index in [0.717, 1.165) is 37.1 Å². The molecule has 0 radical (unpaired) electrons. The molecule has 1 aliphatic rings. The standard InChI is InChI=1S/C18H28N2O3/c1-3-23-17-10-6-15(7-11-17)19-18(22)12-20(2)16-8-4-14(13-21)5-9-16/h6-7,10-11,14,16,21H,3-5,8-9,12-13H2,1-2H3,(H,19,22). The van der Waals surface area contributed by atoms with Crippen molar-refractivity contribution in [1.29, 1.82) is 0 Å². The summed E-state index contributed by atoms with van der Waals surface area (Å²) in [4.78, 5) is 14.3. The SMILES string of the molecule is CCOc1ccc(NC(=O)CN(C)C2CCC(CO)CC2)cc1. The molecule has 5 heteroatoms. The third kappa shape index (κ3) is 5.52. The van der Waals surface area contributed by atoms with Crippen molar-refractivity contribution in [1.82, 2.24) is 4.90 Å². The van der Waals surface area contributed by atoms with Crippen molar-refractivity contribution in [2.75, 3.05) is 32.1 Å². The molecular formula is C18H28N2O3. The normalized spacial score (nSPS) is 21.2. The van der Waals surface area contributed by atoms with Gasteiger partial charge >= 0.3 is 0 Å². The van der Waals surface area contributed by atoms with E-state index in [-0.39, 0.29) is 12.5 Å². The Balaban J connectivity index is 1.77. The van der Waals surface area contributed by atoms with E-state index < -0.39 is 0 Å². The molecule has 2 rings (SSSR count). The molecule has 0 spiro atoms. The highest BCUT2D eigenvalue weighted by molar-refractivity contribution is 5.92. The Morgan fingerprint density at radius 3 is 2.48 bits per heavy atom. The van der Waals surface area contributed by atoms with Crippen LogP contribution in [0.25, 0.3) is 0 Å². The fourth-order valence-electron chi connectivity index (χ4n) is 3.13. The van der Waals surface area contributed by atoms with E-state index in [1.54, 1.807) is 0 Å². The number of aliphatic hydroxyl groups excluding tert-OH is 1. The van der Waals surface area contributed by atoms with Crippen LogP contribution in [-0.4, -0.2) is 48.8 Å². The van der Waals surface area contributed by atoms with Gasteiger partial charge in [0.2, 0.25) is 5.91 Å². The van der Waals surface area contributed by atoms with Crippen LogP contribution >= 0.6 is 0 Å².